The van der Waals surface area contributed by atoms with Crippen LogP contribution >= 0.6 is 22.9 Å². The van der Waals surface area contributed by atoms with Gasteiger partial charge in [0, 0.05) is 10.6 Å². The molecule has 1 atom stereocenters. The third-order valence-electron chi connectivity index (χ3n) is 4.32. The lowest BCUT2D eigenvalue weighted by Gasteiger charge is -2.22. The molecule has 1 aromatic heterocycles. The summed E-state index contributed by atoms with van der Waals surface area (Å²) in [6.45, 7) is 7.20. The van der Waals surface area contributed by atoms with E-state index in [-0.39, 0.29) is 12.6 Å². The van der Waals surface area contributed by atoms with Gasteiger partial charge in [-0.15, -0.1) is 11.3 Å². The Hall–Kier alpha value is -1.95. The number of hydrogen-bond donors (Lipinski definition) is 1. The second-order valence-electron chi connectivity index (χ2n) is 7.55. The Bertz CT molecular complexity index is 973. The Labute approximate surface area is 167 Å². The number of benzene rings is 2. The van der Waals surface area contributed by atoms with Gasteiger partial charge in [0.15, 0.2) is 0 Å². The van der Waals surface area contributed by atoms with Gasteiger partial charge in [0.05, 0.1) is 21.1 Å². The number of hydrogen-bond acceptors (Lipinski definition) is 5. The van der Waals surface area contributed by atoms with E-state index in [1.165, 1.54) is 11.3 Å². The van der Waals surface area contributed by atoms with Crippen molar-refractivity contribution in [2.75, 3.05) is 6.61 Å². The Morgan fingerprint density at radius 1 is 1.30 bits per heavy atom. The molecule has 2 aromatic carbocycles. The highest BCUT2D eigenvalue weighted by Gasteiger charge is 2.26. The minimum Gasteiger partial charge on any atom is -0.462 e. The average Bonchev–Trinajstić information content (AvgIpc) is 3.06. The van der Waals surface area contributed by atoms with Crippen LogP contribution in [0.3, 0.4) is 0 Å². The number of aliphatic hydroxyl groups is 1. The standard InChI is InChI=1S/C21H22ClNO3S/c1-12-9-15-19(27-11-23-15)18(13-5-7-14(22)8-6-13)17(12)16(24)10-26-20(25)21(2,3)4/h5-9,11,16,24H,10H2,1-4H3/t16-/m1/s1. The van der Waals surface area contributed by atoms with Crippen molar-refractivity contribution in [3.05, 3.63) is 52.0 Å². The van der Waals surface area contributed by atoms with Crippen molar-refractivity contribution in [2.24, 2.45) is 5.41 Å². The number of rotatable bonds is 4. The van der Waals surface area contributed by atoms with Gasteiger partial charge in [-0.3, -0.25) is 4.79 Å². The molecule has 142 valence electrons. The summed E-state index contributed by atoms with van der Waals surface area (Å²) < 4.78 is 6.34. The van der Waals surface area contributed by atoms with E-state index in [4.69, 9.17) is 16.3 Å². The highest BCUT2D eigenvalue weighted by Crippen LogP contribution is 2.40. The van der Waals surface area contributed by atoms with Crippen LogP contribution in [0.25, 0.3) is 21.3 Å². The smallest absolute Gasteiger partial charge is 0.311 e. The number of aliphatic hydroxyl groups excluding tert-OH is 1. The zero-order valence-corrected chi connectivity index (χ0v) is 17.3. The minimum absolute atomic E-state index is 0.0954. The van der Waals surface area contributed by atoms with Crippen LogP contribution < -0.4 is 0 Å². The maximum atomic E-state index is 12.1. The lowest BCUT2D eigenvalue weighted by molar-refractivity contribution is -0.156. The number of aryl methyl sites for hydroxylation is 1. The van der Waals surface area contributed by atoms with Crippen LogP contribution in [0.1, 0.15) is 38.0 Å². The van der Waals surface area contributed by atoms with Crippen LogP contribution in [0, 0.1) is 12.3 Å². The molecular weight excluding hydrogens is 382 g/mol. The maximum Gasteiger partial charge on any atom is 0.311 e. The van der Waals surface area contributed by atoms with Crippen LogP contribution in [0.5, 0.6) is 0 Å². The first-order chi connectivity index (χ1) is 12.7. The maximum absolute atomic E-state index is 12.1. The van der Waals surface area contributed by atoms with Crippen LogP contribution in [0.2, 0.25) is 5.02 Å². The van der Waals surface area contributed by atoms with Gasteiger partial charge in [0.1, 0.15) is 12.7 Å². The monoisotopic (exact) mass is 403 g/mol. The van der Waals surface area contributed by atoms with Gasteiger partial charge in [-0.2, -0.15) is 0 Å². The van der Waals surface area contributed by atoms with Crippen molar-refractivity contribution < 1.29 is 14.6 Å². The van der Waals surface area contributed by atoms with Gasteiger partial charge in [0.25, 0.3) is 0 Å². The number of esters is 1. The molecule has 4 nitrogen and oxygen atoms in total. The fraction of sp³-hybridized carbons (Fsp3) is 0.333. The first-order valence-electron chi connectivity index (χ1n) is 8.66. The van der Waals surface area contributed by atoms with E-state index in [0.717, 1.165) is 32.5 Å². The molecule has 0 aliphatic carbocycles. The molecule has 0 aliphatic rings. The first kappa shape index (κ1) is 19.8. The van der Waals surface area contributed by atoms with Crippen LogP contribution in [0.15, 0.2) is 35.8 Å². The predicted octanol–water partition coefficient (Wildman–Crippen LogP) is 5.55. The molecule has 1 N–H and O–H groups in total. The molecule has 6 heteroatoms. The summed E-state index contributed by atoms with van der Waals surface area (Å²) in [5.41, 5.74) is 5.55. The highest BCUT2D eigenvalue weighted by molar-refractivity contribution is 7.17. The van der Waals surface area contributed by atoms with Crippen LogP contribution in [-0.4, -0.2) is 22.7 Å². The summed E-state index contributed by atoms with van der Waals surface area (Å²) in [6.07, 6.45) is -0.937. The van der Waals surface area contributed by atoms with Crippen LogP contribution in [0.4, 0.5) is 0 Å². The van der Waals surface area contributed by atoms with Gasteiger partial charge >= 0.3 is 5.97 Å². The van der Waals surface area contributed by atoms with E-state index in [1.807, 2.05) is 37.3 Å². The molecule has 0 aliphatic heterocycles. The van der Waals surface area contributed by atoms with E-state index >= 15 is 0 Å². The lowest BCUT2D eigenvalue weighted by atomic mass is 9.92. The van der Waals surface area contributed by atoms with Gasteiger partial charge in [-0.25, -0.2) is 4.98 Å². The third-order valence-corrected chi connectivity index (χ3v) is 5.43. The molecule has 0 unspecified atom stereocenters. The van der Waals surface area contributed by atoms with E-state index in [0.29, 0.717) is 5.02 Å². The summed E-state index contributed by atoms with van der Waals surface area (Å²) in [4.78, 5) is 16.5. The van der Waals surface area contributed by atoms with Crippen molar-refractivity contribution in [2.45, 2.75) is 33.8 Å². The fourth-order valence-corrected chi connectivity index (χ4v) is 3.91. The van der Waals surface area contributed by atoms with Crippen LogP contribution in [-0.2, 0) is 9.53 Å². The van der Waals surface area contributed by atoms with Gasteiger partial charge in [0.2, 0.25) is 0 Å². The third kappa shape index (κ3) is 4.15. The van der Waals surface area contributed by atoms with E-state index in [9.17, 15) is 9.90 Å². The van der Waals surface area contributed by atoms with Gasteiger partial charge in [-0.05, 0) is 62.6 Å². The number of ether oxygens (including phenoxy) is 1. The topological polar surface area (TPSA) is 59.4 Å². The van der Waals surface area contributed by atoms with Gasteiger partial charge < -0.3 is 9.84 Å². The van der Waals surface area contributed by atoms with Crippen molar-refractivity contribution in [3.8, 4) is 11.1 Å². The number of carbonyl (C=O) groups excluding carboxylic acids is 1. The summed E-state index contributed by atoms with van der Waals surface area (Å²) in [5, 5.41) is 11.5. The molecule has 0 saturated heterocycles. The second kappa shape index (κ2) is 7.58. The number of fused-ring (bicyclic) bond motifs is 1. The molecule has 0 spiro atoms. The normalized spacial score (nSPS) is 13.0. The minimum atomic E-state index is -0.937. The predicted molar refractivity (Wildman–Crippen MR) is 110 cm³/mol. The van der Waals surface area contributed by atoms with Crippen molar-refractivity contribution in [3.63, 3.8) is 0 Å². The van der Waals surface area contributed by atoms with Crippen molar-refractivity contribution in [1.82, 2.24) is 4.98 Å². The van der Waals surface area contributed by atoms with E-state index in [2.05, 4.69) is 4.98 Å². The molecule has 0 saturated carbocycles. The molecule has 0 amide bonds. The molecule has 3 aromatic rings. The average molecular weight is 404 g/mol. The number of thiazole rings is 1. The summed E-state index contributed by atoms with van der Waals surface area (Å²) in [6, 6.07) is 9.44. The second-order valence-corrected chi connectivity index (χ2v) is 8.85. The van der Waals surface area contributed by atoms with E-state index < -0.39 is 11.5 Å². The molecular formula is C21H22ClNO3S. The molecule has 0 bridgehead atoms. The molecule has 27 heavy (non-hydrogen) atoms. The molecule has 0 radical (unpaired) electrons. The Kier molecular flexibility index (Phi) is 5.56. The lowest BCUT2D eigenvalue weighted by Crippen LogP contribution is -2.25. The zero-order valence-electron chi connectivity index (χ0n) is 15.7. The summed E-state index contributed by atoms with van der Waals surface area (Å²) in [5.74, 6) is -0.342. The van der Waals surface area contributed by atoms with E-state index in [1.54, 1.807) is 26.3 Å². The fourth-order valence-electron chi connectivity index (χ4n) is 2.93. The number of halogens is 1. The Balaban J connectivity index is 2.06. The summed E-state index contributed by atoms with van der Waals surface area (Å²) in [7, 11) is 0. The highest BCUT2D eigenvalue weighted by atomic mass is 35.5. The van der Waals surface area contributed by atoms with Crippen molar-refractivity contribution in [1.29, 1.82) is 0 Å². The SMILES string of the molecule is Cc1cc2ncsc2c(-c2ccc(Cl)cc2)c1[C@H](O)COC(=O)C(C)(C)C. The quantitative estimate of drug-likeness (QED) is 0.580. The Morgan fingerprint density at radius 3 is 2.59 bits per heavy atom. The largest absolute Gasteiger partial charge is 0.462 e. The number of carbonyl (C=O) groups is 1. The zero-order chi connectivity index (χ0) is 19.8. The molecule has 1 heterocycles. The Morgan fingerprint density at radius 2 is 1.96 bits per heavy atom. The number of nitrogens with zero attached hydrogens (tertiary/aromatic N) is 1. The summed E-state index contributed by atoms with van der Waals surface area (Å²) >= 11 is 7.56. The van der Waals surface area contributed by atoms with Crippen molar-refractivity contribution >= 4 is 39.1 Å². The molecule has 3 rings (SSSR count). The molecule has 0 fully saturated rings. The van der Waals surface area contributed by atoms with Gasteiger partial charge in [-0.1, -0.05) is 23.7 Å². The first-order valence-corrected chi connectivity index (χ1v) is 9.92. The number of aromatic nitrogens is 1.